The number of pyridine rings is 1. The molecule has 0 aromatic carbocycles. The fourth-order valence-corrected chi connectivity index (χ4v) is 2.28. The van der Waals surface area contributed by atoms with E-state index in [0.717, 1.165) is 22.9 Å². The Hall–Kier alpha value is -1.95. The van der Waals surface area contributed by atoms with E-state index in [1.807, 2.05) is 25.3 Å². The molecule has 5 nitrogen and oxygen atoms in total. The van der Waals surface area contributed by atoms with Crippen LogP contribution in [0.25, 0.3) is 0 Å². The van der Waals surface area contributed by atoms with Crippen LogP contribution in [0.3, 0.4) is 0 Å². The number of hydrogen-bond acceptors (Lipinski definition) is 5. The van der Waals surface area contributed by atoms with Crippen molar-refractivity contribution in [1.82, 2.24) is 15.3 Å². The molecule has 0 saturated heterocycles. The van der Waals surface area contributed by atoms with Crippen molar-refractivity contribution in [2.45, 2.75) is 20.4 Å². The summed E-state index contributed by atoms with van der Waals surface area (Å²) in [5.74, 6) is -0.184. The Morgan fingerprint density at radius 1 is 1.42 bits per heavy atom. The lowest BCUT2D eigenvalue weighted by molar-refractivity contribution is 0.0946. The Bertz CT molecular complexity index is 550. The predicted octanol–water partition coefficient (Wildman–Crippen LogP) is 2.21. The summed E-state index contributed by atoms with van der Waals surface area (Å²) in [7, 11) is 0. The number of nitrogens with one attached hydrogen (secondary N) is 2. The van der Waals surface area contributed by atoms with Gasteiger partial charge in [0.1, 0.15) is 10.7 Å². The van der Waals surface area contributed by atoms with Crippen molar-refractivity contribution in [2.24, 2.45) is 0 Å². The van der Waals surface area contributed by atoms with Gasteiger partial charge < -0.3 is 10.6 Å². The third-order valence-electron chi connectivity index (χ3n) is 2.44. The number of rotatable bonds is 5. The fourth-order valence-electron chi connectivity index (χ4n) is 1.57. The van der Waals surface area contributed by atoms with Crippen LogP contribution in [0.4, 0.5) is 5.69 Å². The molecule has 2 heterocycles. The highest BCUT2D eigenvalue weighted by Gasteiger charge is 2.07. The van der Waals surface area contributed by atoms with Gasteiger partial charge in [-0.25, -0.2) is 9.97 Å². The highest BCUT2D eigenvalue weighted by Crippen LogP contribution is 2.09. The van der Waals surface area contributed by atoms with Gasteiger partial charge in [0.25, 0.3) is 5.91 Å². The van der Waals surface area contributed by atoms with Gasteiger partial charge in [-0.1, -0.05) is 0 Å². The highest BCUT2D eigenvalue weighted by molar-refractivity contribution is 7.09. The van der Waals surface area contributed by atoms with Crippen molar-refractivity contribution in [3.05, 3.63) is 40.1 Å². The van der Waals surface area contributed by atoms with Gasteiger partial charge in [-0.05, 0) is 26.0 Å². The van der Waals surface area contributed by atoms with Crippen molar-refractivity contribution in [2.75, 3.05) is 11.9 Å². The molecule has 100 valence electrons. The van der Waals surface area contributed by atoms with Crippen molar-refractivity contribution in [3.63, 3.8) is 0 Å². The van der Waals surface area contributed by atoms with Gasteiger partial charge in [-0.15, -0.1) is 11.3 Å². The molecule has 0 aliphatic rings. The molecule has 0 unspecified atom stereocenters. The maximum absolute atomic E-state index is 11.9. The molecule has 0 bridgehead atoms. The van der Waals surface area contributed by atoms with E-state index in [4.69, 9.17) is 0 Å². The first-order valence-electron chi connectivity index (χ1n) is 6.08. The van der Waals surface area contributed by atoms with Crippen LogP contribution in [0.2, 0.25) is 0 Å². The normalized spacial score (nSPS) is 10.2. The Balaban J connectivity index is 1.92. The van der Waals surface area contributed by atoms with Crippen LogP contribution in [-0.4, -0.2) is 22.4 Å². The lowest BCUT2D eigenvalue weighted by Crippen LogP contribution is -2.23. The number of nitrogens with zero attached hydrogens (tertiary/aromatic N) is 2. The van der Waals surface area contributed by atoms with E-state index < -0.39 is 0 Å². The number of carbonyl (C=O) groups excluding carboxylic acids is 1. The summed E-state index contributed by atoms with van der Waals surface area (Å²) in [5.41, 5.74) is 2.30. The highest BCUT2D eigenvalue weighted by atomic mass is 32.1. The molecule has 1 amide bonds. The molecule has 0 fully saturated rings. The summed E-state index contributed by atoms with van der Waals surface area (Å²) < 4.78 is 0. The topological polar surface area (TPSA) is 66.9 Å². The Labute approximate surface area is 116 Å². The maximum Gasteiger partial charge on any atom is 0.270 e. The number of thiazole rings is 1. The van der Waals surface area contributed by atoms with Crippen molar-refractivity contribution >= 4 is 22.9 Å². The van der Waals surface area contributed by atoms with Crippen molar-refractivity contribution in [3.8, 4) is 0 Å². The summed E-state index contributed by atoms with van der Waals surface area (Å²) in [5, 5.41) is 8.80. The molecule has 19 heavy (non-hydrogen) atoms. The van der Waals surface area contributed by atoms with Crippen molar-refractivity contribution < 1.29 is 4.79 Å². The molecule has 2 aromatic heterocycles. The quantitative estimate of drug-likeness (QED) is 0.878. The van der Waals surface area contributed by atoms with Crippen LogP contribution in [0, 0.1) is 6.92 Å². The van der Waals surface area contributed by atoms with Crippen LogP contribution in [0.5, 0.6) is 0 Å². The number of aryl methyl sites for hydroxylation is 1. The van der Waals surface area contributed by atoms with E-state index in [-0.39, 0.29) is 5.91 Å². The summed E-state index contributed by atoms with van der Waals surface area (Å²) >= 11 is 1.54. The van der Waals surface area contributed by atoms with Crippen molar-refractivity contribution in [1.29, 1.82) is 0 Å². The van der Waals surface area contributed by atoms with E-state index in [9.17, 15) is 4.79 Å². The minimum Gasteiger partial charge on any atom is -0.384 e. The standard InChI is InChI=1S/C13H16N4OS/c1-3-14-10-4-5-11(15-6-10)13(18)16-7-12-17-9(2)8-19-12/h4-6,8,14H,3,7H2,1-2H3,(H,16,18). The Kier molecular flexibility index (Phi) is 4.46. The number of carbonyl (C=O) groups is 1. The SMILES string of the molecule is CCNc1ccc(C(=O)NCc2nc(C)cs2)nc1. The van der Waals surface area contributed by atoms with E-state index in [2.05, 4.69) is 20.6 Å². The minimum atomic E-state index is -0.184. The summed E-state index contributed by atoms with van der Waals surface area (Å²) in [6, 6.07) is 3.55. The lowest BCUT2D eigenvalue weighted by Gasteiger charge is -2.05. The first kappa shape index (κ1) is 13.5. The van der Waals surface area contributed by atoms with Gasteiger partial charge in [0, 0.05) is 17.6 Å². The molecular formula is C13H16N4OS. The average molecular weight is 276 g/mol. The molecule has 0 radical (unpaired) electrons. The number of aromatic nitrogens is 2. The fraction of sp³-hybridized carbons (Fsp3) is 0.308. The first-order valence-corrected chi connectivity index (χ1v) is 6.96. The molecular weight excluding hydrogens is 260 g/mol. The molecule has 0 saturated carbocycles. The average Bonchev–Trinajstić information content (AvgIpc) is 2.83. The number of hydrogen-bond donors (Lipinski definition) is 2. The largest absolute Gasteiger partial charge is 0.384 e. The maximum atomic E-state index is 11.9. The van der Waals surface area contributed by atoms with E-state index in [1.54, 1.807) is 12.3 Å². The second kappa shape index (κ2) is 6.29. The summed E-state index contributed by atoms with van der Waals surface area (Å²) in [6.07, 6.45) is 1.66. The third kappa shape index (κ3) is 3.75. The van der Waals surface area contributed by atoms with Gasteiger partial charge in [0.2, 0.25) is 0 Å². The molecule has 2 rings (SSSR count). The van der Waals surface area contributed by atoms with Crippen LogP contribution >= 0.6 is 11.3 Å². The van der Waals surface area contributed by atoms with Crippen LogP contribution in [0.1, 0.15) is 28.1 Å². The Morgan fingerprint density at radius 3 is 2.84 bits per heavy atom. The van der Waals surface area contributed by atoms with Gasteiger partial charge >= 0.3 is 0 Å². The molecule has 0 spiro atoms. The van der Waals surface area contributed by atoms with Gasteiger partial charge in [0.05, 0.1) is 18.4 Å². The van der Waals surface area contributed by atoms with E-state index in [1.165, 1.54) is 11.3 Å². The zero-order valence-electron chi connectivity index (χ0n) is 10.9. The lowest BCUT2D eigenvalue weighted by atomic mass is 10.3. The first-order chi connectivity index (χ1) is 9.19. The molecule has 2 N–H and O–H groups in total. The number of amides is 1. The molecule has 6 heteroatoms. The molecule has 0 aliphatic heterocycles. The minimum absolute atomic E-state index is 0.184. The monoisotopic (exact) mass is 276 g/mol. The van der Waals surface area contributed by atoms with Crippen LogP contribution in [-0.2, 0) is 6.54 Å². The van der Waals surface area contributed by atoms with E-state index in [0.29, 0.717) is 12.2 Å². The van der Waals surface area contributed by atoms with E-state index >= 15 is 0 Å². The molecule has 0 aliphatic carbocycles. The number of anilines is 1. The molecule has 0 atom stereocenters. The van der Waals surface area contributed by atoms with Gasteiger partial charge in [-0.2, -0.15) is 0 Å². The third-order valence-corrected chi connectivity index (χ3v) is 3.41. The zero-order chi connectivity index (χ0) is 13.7. The van der Waals surface area contributed by atoms with Crippen LogP contribution < -0.4 is 10.6 Å². The van der Waals surface area contributed by atoms with Gasteiger partial charge in [-0.3, -0.25) is 4.79 Å². The summed E-state index contributed by atoms with van der Waals surface area (Å²) in [6.45, 7) is 5.21. The second-order valence-corrected chi connectivity index (χ2v) is 4.97. The molecule has 2 aromatic rings. The predicted molar refractivity (Wildman–Crippen MR) is 76.4 cm³/mol. The zero-order valence-corrected chi connectivity index (χ0v) is 11.8. The smallest absolute Gasteiger partial charge is 0.270 e. The Morgan fingerprint density at radius 2 is 2.26 bits per heavy atom. The summed E-state index contributed by atoms with van der Waals surface area (Å²) in [4.78, 5) is 20.3. The van der Waals surface area contributed by atoms with Crippen LogP contribution in [0.15, 0.2) is 23.7 Å². The second-order valence-electron chi connectivity index (χ2n) is 4.03. The van der Waals surface area contributed by atoms with Gasteiger partial charge in [0.15, 0.2) is 0 Å².